The molecular weight excluding hydrogens is 1290 g/mol. The number of benzene rings is 2. The zero-order valence-electron chi connectivity index (χ0n) is 68.5. The highest BCUT2D eigenvalue weighted by atomic mass is 16.7. The number of likely N-dealkylation sites (tertiary alicyclic amines) is 1. The van der Waals surface area contributed by atoms with Crippen molar-refractivity contribution in [1.29, 1.82) is 0 Å². The third-order valence-electron chi connectivity index (χ3n) is 21.3. The van der Waals surface area contributed by atoms with Crippen molar-refractivity contribution in [3.8, 4) is 11.1 Å². The van der Waals surface area contributed by atoms with Crippen LogP contribution in [0.3, 0.4) is 0 Å². The summed E-state index contributed by atoms with van der Waals surface area (Å²) < 4.78 is 32.2. The molecule has 0 aromatic heterocycles. The van der Waals surface area contributed by atoms with Crippen LogP contribution >= 0.6 is 0 Å². The summed E-state index contributed by atoms with van der Waals surface area (Å²) in [4.78, 5) is 15.3. The van der Waals surface area contributed by atoms with E-state index in [0.717, 1.165) is 90.5 Å². The third-order valence-corrected chi connectivity index (χ3v) is 21.3. The average Bonchev–Trinajstić information content (AvgIpc) is 1.10. The molecule has 0 radical (unpaired) electrons. The van der Waals surface area contributed by atoms with Gasteiger partial charge in [-0.1, -0.05) is 328 Å². The van der Waals surface area contributed by atoms with Gasteiger partial charge < -0.3 is 33.9 Å². The average molecular weight is 1450 g/mol. The molecule has 2 heterocycles. The van der Waals surface area contributed by atoms with Crippen LogP contribution < -0.4 is 5.32 Å². The second-order valence-electron chi connectivity index (χ2n) is 30.6. The van der Waals surface area contributed by atoms with Crippen molar-refractivity contribution in [2.24, 2.45) is 0 Å². The molecule has 0 spiro atoms. The molecule has 3 aliphatic rings. The van der Waals surface area contributed by atoms with Crippen LogP contribution in [0.15, 0.2) is 146 Å². The Balaban J connectivity index is 0.000000470. The van der Waals surface area contributed by atoms with Gasteiger partial charge in [0.15, 0.2) is 11.6 Å². The van der Waals surface area contributed by atoms with E-state index < -0.39 is 5.79 Å². The normalized spacial score (nSPS) is 15.4. The molecule has 0 bridgehead atoms. The lowest BCUT2D eigenvalue weighted by atomic mass is 9.98. The van der Waals surface area contributed by atoms with Gasteiger partial charge in [0.2, 0.25) is 0 Å². The number of ether oxygens (including phenoxy) is 5. The molecule has 0 unspecified atom stereocenters. The summed E-state index contributed by atoms with van der Waals surface area (Å²) in [7, 11) is 0. The highest BCUT2D eigenvalue weighted by molar-refractivity contribution is 5.79. The van der Waals surface area contributed by atoms with Gasteiger partial charge in [0.05, 0.1) is 26.4 Å². The smallest absolute Gasteiger partial charge is 0.409 e. The lowest BCUT2D eigenvalue weighted by Crippen LogP contribution is -2.50. The maximum atomic E-state index is 13.5. The molecule has 2 aromatic carbocycles. The number of nitrogens with zero attached hydrogens (tertiary/aromatic N) is 1. The number of unbranched alkanes of at least 4 members (excludes halogenated alkanes) is 36. The van der Waals surface area contributed by atoms with Crippen LogP contribution in [0, 0.1) is 0 Å². The van der Waals surface area contributed by atoms with Crippen LogP contribution in [-0.2, 0) is 23.7 Å². The topological polar surface area (TPSA) is 78.5 Å². The quantitative estimate of drug-likeness (QED) is 0.0402. The van der Waals surface area contributed by atoms with Gasteiger partial charge in [-0.2, -0.15) is 0 Å². The first-order chi connectivity index (χ1) is 52.0. The number of hydrogen-bond donors (Lipinski definition) is 1. The Bertz CT molecular complexity index is 2410. The molecule has 2 fully saturated rings. The molecule has 1 N–H and O–H groups in total. The summed E-state index contributed by atoms with van der Waals surface area (Å²) in [6.45, 7) is 15.7. The first-order valence-electron chi connectivity index (χ1n) is 44.6. The number of hydrogen-bond acceptors (Lipinski definition) is 7. The SMILES string of the molecule is CCCCC/C=C\C/C=C\CCCCCCCCOC1(OCCCCCCCC/C=C\C/C=C\CCCCC)CCN(C(=O)OCC2c3ccccc3-c3ccccc32)CC1.CCCCC/C=C\C/C=C\CCCCCCCCOC1(OCCCCCCCC/C=C\C/C=C\CCCCC)CCNCC1. The lowest BCUT2D eigenvalue weighted by Gasteiger charge is -2.41. The summed E-state index contributed by atoms with van der Waals surface area (Å²) in [6, 6.07) is 17.0. The summed E-state index contributed by atoms with van der Waals surface area (Å²) in [5.74, 6) is -0.886. The summed E-state index contributed by atoms with van der Waals surface area (Å²) in [5, 5.41) is 3.48. The molecule has 2 aromatic rings. The van der Waals surface area contributed by atoms with Crippen molar-refractivity contribution < 1.29 is 28.5 Å². The Morgan fingerprint density at radius 3 is 0.895 bits per heavy atom. The zero-order valence-corrected chi connectivity index (χ0v) is 68.5. The van der Waals surface area contributed by atoms with Crippen LogP contribution in [-0.4, -0.2) is 81.8 Å². The van der Waals surface area contributed by atoms with Crippen molar-refractivity contribution in [1.82, 2.24) is 10.2 Å². The van der Waals surface area contributed by atoms with Gasteiger partial charge in [-0.25, -0.2) is 4.79 Å². The first-order valence-corrected chi connectivity index (χ1v) is 44.6. The highest BCUT2D eigenvalue weighted by Crippen LogP contribution is 2.45. The number of nitrogens with one attached hydrogen (secondary N) is 1. The van der Waals surface area contributed by atoms with Gasteiger partial charge in [-0.05, 0) is 176 Å². The second-order valence-corrected chi connectivity index (χ2v) is 30.6. The molecule has 2 aliphatic heterocycles. The number of amides is 1. The maximum absolute atomic E-state index is 13.5. The lowest BCUT2D eigenvalue weighted by molar-refractivity contribution is -0.256. The Hall–Kier alpha value is -4.57. The van der Waals surface area contributed by atoms with Gasteiger partial charge >= 0.3 is 6.09 Å². The number of carbonyl (C=O) groups is 1. The molecular formula is C97H160N2O6. The van der Waals surface area contributed by atoms with E-state index in [1.807, 2.05) is 4.90 Å². The number of fused-ring (bicyclic) bond motifs is 3. The zero-order chi connectivity index (χ0) is 74.4. The highest BCUT2D eigenvalue weighted by Gasteiger charge is 2.39. The standard InChI is InChI=1S/C56H85NO4.C41H75NO2/c1-3-5-7-9-11-13-15-17-19-21-23-25-27-29-31-37-47-60-56(61-48-38-32-30-28-26-24-22-20-18-16-14-12-10-8-6-4-2)43-45-57(46-44-56)55(58)59-49-54-52-41-35-33-39-50(52)51-40-34-36-42-53(51)54;1-3-5-7-9-11-13-15-17-19-21-23-25-27-29-31-33-39-43-41(35-37-42-38-36-41)44-40-34-32-30-28-26-24-22-20-18-16-14-12-10-8-6-4-2/h11-14,17-20,33-36,39-42,54H,3-10,15-16,21-32,37-38,43-49H2,1-2H3;11-14,17-20,42H,3-10,15-16,21-40H2,1-2H3/b2*13-11-,14-12-,19-17-,20-18-. The number of piperidine rings is 2. The molecule has 594 valence electrons. The molecule has 105 heavy (non-hydrogen) atoms. The van der Waals surface area contributed by atoms with Crippen molar-refractivity contribution in [3.63, 3.8) is 0 Å². The van der Waals surface area contributed by atoms with Gasteiger partial charge in [-0.3, -0.25) is 0 Å². The Morgan fingerprint density at radius 1 is 0.343 bits per heavy atom. The molecule has 1 aliphatic carbocycles. The molecule has 0 atom stereocenters. The van der Waals surface area contributed by atoms with Crippen LogP contribution in [0.1, 0.15) is 379 Å². The number of rotatable bonds is 66. The minimum atomic E-state index is -0.617. The van der Waals surface area contributed by atoms with E-state index in [1.54, 1.807) is 0 Å². The van der Waals surface area contributed by atoms with E-state index in [9.17, 15) is 4.79 Å². The Kier molecular flexibility index (Phi) is 59.7. The van der Waals surface area contributed by atoms with Crippen molar-refractivity contribution in [2.75, 3.05) is 59.2 Å². The van der Waals surface area contributed by atoms with Crippen molar-refractivity contribution >= 4 is 6.09 Å². The van der Waals surface area contributed by atoms with Crippen LogP contribution in [0.2, 0.25) is 0 Å². The Labute approximate surface area is 647 Å². The fraction of sp³-hybridized carbons (Fsp3) is 0.701. The van der Waals surface area contributed by atoms with E-state index in [2.05, 4.69) is 179 Å². The fourth-order valence-corrected chi connectivity index (χ4v) is 14.6. The molecule has 0 saturated carbocycles. The third kappa shape index (κ3) is 47.9. The minimum absolute atomic E-state index is 0.0651. The molecule has 1 amide bonds. The largest absolute Gasteiger partial charge is 0.448 e. The number of carbonyl (C=O) groups excluding carboxylic acids is 1. The Morgan fingerprint density at radius 2 is 0.600 bits per heavy atom. The summed E-state index contributed by atoms with van der Waals surface area (Å²) in [6.07, 6.45) is 101. The number of allylic oxidation sites excluding steroid dienone is 16. The molecule has 2 saturated heterocycles. The molecule has 5 rings (SSSR count). The van der Waals surface area contributed by atoms with Gasteiger partial charge in [0.25, 0.3) is 0 Å². The predicted octanol–water partition coefficient (Wildman–Crippen LogP) is 29.1. The summed E-state index contributed by atoms with van der Waals surface area (Å²) >= 11 is 0. The second kappa shape index (κ2) is 67.5. The monoisotopic (exact) mass is 1450 g/mol. The summed E-state index contributed by atoms with van der Waals surface area (Å²) in [5.41, 5.74) is 4.97. The van der Waals surface area contributed by atoms with Gasteiger partial charge in [0.1, 0.15) is 6.61 Å². The molecule has 8 nitrogen and oxygen atoms in total. The van der Waals surface area contributed by atoms with Crippen molar-refractivity contribution in [3.05, 3.63) is 157 Å². The van der Waals surface area contributed by atoms with E-state index in [0.29, 0.717) is 45.8 Å². The fourth-order valence-electron chi connectivity index (χ4n) is 14.6. The van der Waals surface area contributed by atoms with E-state index in [4.69, 9.17) is 23.7 Å². The molecule has 8 heteroatoms. The van der Waals surface area contributed by atoms with Crippen LogP contribution in [0.25, 0.3) is 11.1 Å². The van der Waals surface area contributed by atoms with Gasteiger partial charge in [0, 0.05) is 57.8 Å². The van der Waals surface area contributed by atoms with Crippen LogP contribution in [0.5, 0.6) is 0 Å². The van der Waals surface area contributed by atoms with Gasteiger partial charge in [-0.15, -0.1) is 0 Å². The van der Waals surface area contributed by atoms with E-state index in [1.165, 1.54) is 279 Å². The van der Waals surface area contributed by atoms with E-state index in [-0.39, 0.29) is 17.8 Å². The van der Waals surface area contributed by atoms with Crippen LogP contribution in [0.4, 0.5) is 4.79 Å². The first kappa shape index (κ1) is 92.8. The van der Waals surface area contributed by atoms with E-state index >= 15 is 0 Å². The predicted molar refractivity (Wildman–Crippen MR) is 455 cm³/mol. The maximum Gasteiger partial charge on any atom is 0.409 e. The minimum Gasteiger partial charge on any atom is -0.448 e. The van der Waals surface area contributed by atoms with Crippen molar-refractivity contribution in [2.45, 2.75) is 379 Å².